The summed E-state index contributed by atoms with van der Waals surface area (Å²) in [7, 11) is 1.67. The third-order valence-electron chi connectivity index (χ3n) is 4.90. The van der Waals surface area contributed by atoms with Gasteiger partial charge in [-0.3, -0.25) is 4.57 Å². The zero-order chi connectivity index (χ0) is 18.5. The van der Waals surface area contributed by atoms with Gasteiger partial charge in [0.1, 0.15) is 12.1 Å². The summed E-state index contributed by atoms with van der Waals surface area (Å²) in [6, 6.07) is 12.0. The molecule has 5 rings (SSSR count). The van der Waals surface area contributed by atoms with E-state index in [1.54, 1.807) is 29.3 Å². The van der Waals surface area contributed by atoms with Crippen molar-refractivity contribution in [3.63, 3.8) is 0 Å². The Bertz CT molecular complexity index is 1270. The highest BCUT2D eigenvalue weighted by molar-refractivity contribution is 7.13. The van der Waals surface area contributed by atoms with Gasteiger partial charge >= 0.3 is 0 Å². The molecule has 0 aliphatic carbocycles. The number of aromatic nitrogens is 5. The third-order valence-corrected chi connectivity index (χ3v) is 5.77. The van der Waals surface area contributed by atoms with Crippen molar-refractivity contribution in [3.05, 3.63) is 59.4 Å². The van der Waals surface area contributed by atoms with Gasteiger partial charge in [-0.15, -0.1) is 16.4 Å². The summed E-state index contributed by atoms with van der Waals surface area (Å²) in [6.07, 6.45) is 1.74. The molecule has 0 radical (unpaired) electrons. The molecule has 7 heteroatoms. The standard InChI is InChI=1S/C20H17N5OS/c1-12-13(2)25(14-6-8-15(26-3)9-7-14)19-17(12)20-22-18(16-5-4-10-27-16)23-24(20)11-21-19/h4-11H,1-3H3. The molecule has 0 aliphatic rings. The minimum atomic E-state index is 0.730. The average molecular weight is 375 g/mol. The van der Waals surface area contributed by atoms with E-state index in [9.17, 15) is 0 Å². The molecule has 0 saturated carbocycles. The third kappa shape index (κ3) is 2.35. The summed E-state index contributed by atoms with van der Waals surface area (Å²) in [4.78, 5) is 10.6. The Morgan fingerprint density at radius 1 is 1.04 bits per heavy atom. The van der Waals surface area contributed by atoms with Crippen LogP contribution in [0.4, 0.5) is 0 Å². The van der Waals surface area contributed by atoms with E-state index in [0.717, 1.165) is 50.1 Å². The predicted octanol–water partition coefficient (Wildman–Crippen LogP) is 4.42. The predicted molar refractivity (Wildman–Crippen MR) is 107 cm³/mol. The Kier molecular flexibility index (Phi) is 3.51. The van der Waals surface area contributed by atoms with Crippen molar-refractivity contribution in [2.75, 3.05) is 7.11 Å². The molecule has 0 aliphatic heterocycles. The van der Waals surface area contributed by atoms with Gasteiger partial charge in [0.15, 0.2) is 17.1 Å². The van der Waals surface area contributed by atoms with Gasteiger partial charge in [-0.05, 0) is 55.1 Å². The van der Waals surface area contributed by atoms with Gasteiger partial charge in [-0.1, -0.05) is 6.07 Å². The highest BCUT2D eigenvalue weighted by Gasteiger charge is 2.19. The number of hydrogen-bond acceptors (Lipinski definition) is 5. The lowest BCUT2D eigenvalue weighted by Crippen LogP contribution is -1.99. The number of rotatable bonds is 3. The van der Waals surface area contributed by atoms with Crippen molar-refractivity contribution in [3.8, 4) is 22.1 Å². The summed E-state index contributed by atoms with van der Waals surface area (Å²) >= 11 is 1.63. The molecule has 0 fully saturated rings. The van der Waals surface area contributed by atoms with Crippen molar-refractivity contribution in [2.45, 2.75) is 13.8 Å². The normalized spacial score (nSPS) is 11.5. The van der Waals surface area contributed by atoms with Crippen LogP contribution < -0.4 is 4.74 Å². The topological polar surface area (TPSA) is 57.2 Å². The molecule has 5 aromatic rings. The number of ether oxygens (including phenoxy) is 1. The smallest absolute Gasteiger partial charge is 0.192 e. The first-order chi connectivity index (χ1) is 13.2. The van der Waals surface area contributed by atoms with E-state index < -0.39 is 0 Å². The number of methoxy groups -OCH3 is 1. The number of hydrogen-bond donors (Lipinski definition) is 0. The van der Waals surface area contributed by atoms with Crippen LogP contribution in [0.1, 0.15) is 11.3 Å². The first kappa shape index (κ1) is 16.0. The van der Waals surface area contributed by atoms with Crippen LogP contribution >= 0.6 is 11.3 Å². The molecular formula is C20H17N5OS. The number of fused-ring (bicyclic) bond motifs is 3. The molecule has 4 aromatic heterocycles. The van der Waals surface area contributed by atoms with Crippen LogP contribution in [0.3, 0.4) is 0 Å². The van der Waals surface area contributed by atoms with Crippen LogP contribution in [0.25, 0.3) is 33.1 Å². The second kappa shape index (κ2) is 5.92. The van der Waals surface area contributed by atoms with Gasteiger partial charge in [0.05, 0.1) is 17.4 Å². The fourth-order valence-electron chi connectivity index (χ4n) is 3.42. The van der Waals surface area contributed by atoms with Crippen molar-refractivity contribution >= 4 is 28.0 Å². The van der Waals surface area contributed by atoms with Crippen LogP contribution in [-0.4, -0.2) is 31.3 Å². The summed E-state index contributed by atoms with van der Waals surface area (Å²) in [5, 5.41) is 7.67. The monoisotopic (exact) mass is 375 g/mol. The largest absolute Gasteiger partial charge is 0.497 e. The molecular weight excluding hydrogens is 358 g/mol. The lowest BCUT2D eigenvalue weighted by atomic mass is 10.2. The SMILES string of the molecule is COc1ccc(-n2c(C)c(C)c3c2ncn2nc(-c4cccs4)nc32)cc1. The van der Waals surface area contributed by atoms with Crippen LogP contribution in [0.15, 0.2) is 48.1 Å². The molecule has 0 bridgehead atoms. The van der Waals surface area contributed by atoms with Crippen molar-refractivity contribution in [1.29, 1.82) is 0 Å². The van der Waals surface area contributed by atoms with Gasteiger partial charge < -0.3 is 4.74 Å². The van der Waals surface area contributed by atoms with E-state index in [1.807, 2.05) is 41.8 Å². The molecule has 6 nitrogen and oxygen atoms in total. The second-order valence-corrected chi connectivity index (χ2v) is 7.32. The van der Waals surface area contributed by atoms with Gasteiger partial charge in [0.2, 0.25) is 0 Å². The Labute approximate surface area is 159 Å². The van der Waals surface area contributed by atoms with E-state index in [4.69, 9.17) is 14.7 Å². The molecule has 1 aromatic carbocycles. The van der Waals surface area contributed by atoms with Crippen LogP contribution in [0, 0.1) is 13.8 Å². The summed E-state index contributed by atoms with van der Waals surface area (Å²) in [5.74, 6) is 1.56. The summed E-state index contributed by atoms with van der Waals surface area (Å²) in [5.41, 5.74) is 5.05. The Morgan fingerprint density at radius 2 is 1.85 bits per heavy atom. The zero-order valence-corrected chi connectivity index (χ0v) is 16.0. The van der Waals surface area contributed by atoms with E-state index in [0.29, 0.717) is 0 Å². The minimum absolute atomic E-state index is 0.730. The van der Waals surface area contributed by atoms with Crippen molar-refractivity contribution in [1.82, 2.24) is 24.1 Å². The molecule has 0 amide bonds. The van der Waals surface area contributed by atoms with E-state index in [2.05, 4.69) is 23.5 Å². The van der Waals surface area contributed by atoms with E-state index in [-0.39, 0.29) is 0 Å². The van der Waals surface area contributed by atoms with Crippen molar-refractivity contribution in [2.24, 2.45) is 0 Å². The van der Waals surface area contributed by atoms with Crippen LogP contribution in [-0.2, 0) is 0 Å². The fraction of sp³-hybridized carbons (Fsp3) is 0.150. The molecule has 0 spiro atoms. The van der Waals surface area contributed by atoms with Crippen molar-refractivity contribution < 1.29 is 4.74 Å². The Hall–Kier alpha value is -3.19. The van der Waals surface area contributed by atoms with Gasteiger partial charge in [-0.25, -0.2) is 14.5 Å². The first-order valence-electron chi connectivity index (χ1n) is 8.58. The molecule has 4 heterocycles. The first-order valence-corrected chi connectivity index (χ1v) is 9.46. The Morgan fingerprint density at radius 3 is 2.56 bits per heavy atom. The molecule has 0 atom stereocenters. The van der Waals surface area contributed by atoms with Crippen LogP contribution in [0.2, 0.25) is 0 Å². The number of thiophene rings is 1. The van der Waals surface area contributed by atoms with E-state index >= 15 is 0 Å². The second-order valence-electron chi connectivity index (χ2n) is 6.37. The minimum Gasteiger partial charge on any atom is -0.497 e. The highest BCUT2D eigenvalue weighted by atomic mass is 32.1. The van der Waals surface area contributed by atoms with Gasteiger partial charge in [0.25, 0.3) is 0 Å². The average Bonchev–Trinajstić information content (AvgIpc) is 3.41. The van der Waals surface area contributed by atoms with Gasteiger partial charge in [0, 0.05) is 11.4 Å². The number of aryl methyl sites for hydroxylation is 1. The maximum absolute atomic E-state index is 5.28. The van der Waals surface area contributed by atoms with Crippen LogP contribution in [0.5, 0.6) is 5.75 Å². The maximum Gasteiger partial charge on any atom is 0.192 e. The molecule has 0 unspecified atom stereocenters. The van der Waals surface area contributed by atoms with E-state index in [1.165, 1.54) is 0 Å². The fourth-order valence-corrected chi connectivity index (χ4v) is 4.07. The molecule has 0 saturated heterocycles. The Balaban J connectivity index is 1.78. The number of nitrogens with zero attached hydrogens (tertiary/aromatic N) is 5. The molecule has 0 N–H and O–H groups in total. The zero-order valence-electron chi connectivity index (χ0n) is 15.2. The van der Waals surface area contributed by atoms with Gasteiger partial charge in [-0.2, -0.15) is 0 Å². The molecule has 134 valence electrons. The quantitative estimate of drug-likeness (QED) is 0.468. The maximum atomic E-state index is 5.28. The number of benzene rings is 1. The molecule has 27 heavy (non-hydrogen) atoms. The lowest BCUT2D eigenvalue weighted by molar-refractivity contribution is 0.415. The summed E-state index contributed by atoms with van der Waals surface area (Å²) < 4.78 is 9.20. The summed E-state index contributed by atoms with van der Waals surface area (Å²) in [6.45, 7) is 4.22. The lowest BCUT2D eigenvalue weighted by Gasteiger charge is -2.08. The highest BCUT2D eigenvalue weighted by Crippen LogP contribution is 2.31.